The zero-order valence-electron chi connectivity index (χ0n) is 10.9. The zero-order valence-corrected chi connectivity index (χ0v) is 12.5. The Balaban J connectivity index is 1.90. The second kappa shape index (κ2) is 7.27. The second-order valence-electron chi connectivity index (χ2n) is 4.06. The number of carbonyl (C=O) groups excluding carboxylic acids is 1. The van der Waals surface area contributed by atoms with E-state index in [1.165, 1.54) is 12.3 Å². The maximum Gasteiger partial charge on any atom is 0.251 e. The Morgan fingerprint density at radius 3 is 2.71 bits per heavy atom. The summed E-state index contributed by atoms with van der Waals surface area (Å²) < 4.78 is 6.25. The molecule has 0 spiro atoms. The Bertz CT molecular complexity index is 703. The molecule has 4 nitrogen and oxygen atoms in total. The fraction of sp³-hybridized carbons (Fsp3) is 0. The van der Waals surface area contributed by atoms with Crippen LogP contribution < -0.4 is 10.1 Å². The lowest BCUT2D eigenvalue weighted by Gasteiger charge is -2.02. The minimum Gasteiger partial charge on any atom is -0.465 e. The summed E-state index contributed by atoms with van der Waals surface area (Å²) in [4.78, 5) is 11.7. The molecule has 104 valence electrons. The Labute approximate surface area is 130 Å². The number of anilines is 1. The van der Waals surface area contributed by atoms with Crippen molar-refractivity contribution in [2.45, 2.75) is 0 Å². The zero-order chi connectivity index (χ0) is 15.1. The molecule has 21 heavy (non-hydrogen) atoms. The van der Waals surface area contributed by atoms with Gasteiger partial charge in [-0.2, -0.15) is 5.26 Å². The lowest BCUT2D eigenvalue weighted by Crippen LogP contribution is -2.08. The molecular formula is C16H11BrN2O2. The van der Waals surface area contributed by atoms with Crippen molar-refractivity contribution in [3.8, 4) is 11.8 Å². The van der Waals surface area contributed by atoms with Crippen molar-refractivity contribution in [3.05, 3.63) is 70.9 Å². The molecule has 0 aliphatic heterocycles. The lowest BCUT2D eigenvalue weighted by molar-refractivity contribution is -0.112. The Morgan fingerprint density at radius 1 is 1.24 bits per heavy atom. The number of rotatable bonds is 4. The Hall–Kier alpha value is -2.58. The fourth-order valence-corrected chi connectivity index (χ4v) is 1.80. The predicted octanol–water partition coefficient (Wildman–Crippen LogP) is 3.85. The summed E-state index contributed by atoms with van der Waals surface area (Å²) in [5.74, 6) is 0.302. The van der Waals surface area contributed by atoms with Gasteiger partial charge < -0.3 is 10.1 Å². The van der Waals surface area contributed by atoms with Crippen molar-refractivity contribution in [1.29, 1.82) is 5.26 Å². The molecule has 0 bridgehead atoms. The third-order valence-electron chi connectivity index (χ3n) is 2.50. The molecule has 0 atom stereocenters. The summed E-state index contributed by atoms with van der Waals surface area (Å²) in [5.41, 5.74) is 1.05. The highest BCUT2D eigenvalue weighted by molar-refractivity contribution is 9.10. The number of hydrogen-bond donors (Lipinski definition) is 1. The van der Waals surface area contributed by atoms with Crippen molar-refractivity contribution in [2.24, 2.45) is 0 Å². The molecule has 5 heteroatoms. The van der Waals surface area contributed by atoms with Gasteiger partial charge >= 0.3 is 0 Å². The monoisotopic (exact) mass is 342 g/mol. The highest BCUT2D eigenvalue weighted by Crippen LogP contribution is 2.16. The summed E-state index contributed by atoms with van der Waals surface area (Å²) in [7, 11) is 0. The smallest absolute Gasteiger partial charge is 0.251 e. The van der Waals surface area contributed by atoms with Gasteiger partial charge in [0.15, 0.2) is 0 Å². The second-order valence-corrected chi connectivity index (χ2v) is 4.97. The minimum absolute atomic E-state index is 0.331. The average Bonchev–Trinajstić information content (AvgIpc) is 2.49. The molecule has 0 aliphatic rings. The van der Waals surface area contributed by atoms with Gasteiger partial charge in [0, 0.05) is 16.2 Å². The first-order valence-electron chi connectivity index (χ1n) is 6.07. The van der Waals surface area contributed by atoms with E-state index in [0.29, 0.717) is 17.0 Å². The molecule has 0 saturated heterocycles. The number of hydrogen-bond acceptors (Lipinski definition) is 3. The van der Waals surface area contributed by atoms with Gasteiger partial charge in [-0.15, -0.1) is 0 Å². The number of nitrogens with one attached hydrogen (secondary N) is 1. The van der Waals surface area contributed by atoms with E-state index < -0.39 is 0 Å². The molecule has 0 heterocycles. The van der Waals surface area contributed by atoms with Crippen LogP contribution in [0.4, 0.5) is 5.69 Å². The molecule has 1 N–H and O–H groups in total. The summed E-state index contributed by atoms with van der Waals surface area (Å²) in [6.45, 7) is 0. The van der Waals surface area contributed by atoms with Gasteiger partial charge in [0.25, 0.3) is 5.91 Å². The van der Waals surface area contributed by atoms with E-state index in [1.54, 1.807) is 36.4 Å². The van der Waals surface area contributed by atoms with Gasteiger partial charge in [-0.25, -0.2) is 0 Å². The summed E-state index contributed by atoms with van der Waals surface area (Å²) in [5, 5.41) is 11.4. The van der Waals surface area contributed by atoms with Crippen molar-refractivity contribution < 1.29 is 9.53 Å². The highest BCUT2D eigenvalue weighted by Gasteiger charge is 1.99. The van der Waals surface area contributed by atoms with Crippen molar-refractivity contribution in [3.63, 3.8) is 0 Å². The van der Waals surface area contributed by atoms with Crippen LogP contribution in [-0.2, 0) is 4.79 Å². The maximum absolute atomic E-state index is 11.7. The van der Waals surface area contributed by atoms with Gasteiger partial charge in [-0.1, -0.05) is 22.0 Å². The summed E-state index contributed by atoms with van der Waals surface area (Å²) >= 11 is 3.33. The molecule has 1 amide bonds. The number of ether oxygens (including phenoxy) is 1. The van der Waals surface area contributed by atoms with Gasteiger partial charge in [0.2, 0.25) is 0 Å². The number of halogens is 1. The molecule has 0 aliphatic carbocycles. The number of benzene rings is 2. The van der Waals surface area contributed by atoms with Crippen LogP contribution >= 0.6 is 15.9 Å². The quantitative estimate of drug-likeness (QED) is 0.677. The molecular weight excluding hydrogens is 332 g/mol. The fourth-order valence-electron chi connectivity index (χ4n) is 1.54. The number of carbonyl (C=O) groups is 1. The molecule has 0 saturated carbocycles. The van der Waals surface area contributed by atoms with Crippen molar-refractivity contribution in [1.82, 2.24) is 0 Å². The molecule has 0 radical (unpaired) electrons. The largest absolute Gasteiger partial charge is 0.465 e. The minimum atomic E-state index is -0.331. The molecule has 0 unspecified atom stereocenters. The van der Waals surface area contributed by atoms with Crippen LogP contribution in [0.25, 0.3) is 0 Å². The first-order valence-corrected chi connectivity index (χ1v) is 6.86. The standard InChI is InChI=1S/C16H11BrN2O2/c17-13-4-6-15(7-5-13)21-9-8-16(20)19-14-3-1-2-12(10-14)11-18/h1-10H,(H,19,20)/b9-8+. The van der Waals surface area contributed by atoms with E-state index in [2.05, 4.69) is 21.2 Å². The van der Waals surface area contributed by atoms with Crippen molar-refractivity contribution >= 4 is 27.5 Å². The van der Waals surface area contributed by atoms with E-state index >= 15 is 0 Å². The third-order valence-corrected chi connectivity index (χ3v) is 3.03. The average molecular weight is 343 g/mol. The first-order chi connectivity index (χ1) is 10.2. The van der Waals surface area contributed by atoms with Gasteiger partial charge in [0.05, 0.1) is 17.9 Å². The van der Waals surface area contributed by atoms with E-state index in [1.807, 2.05) is 18.2 Å². The molecule has 2 rings (SSSR count). The number of amides is 1. The normalized spacial score (nSPS) is 10.1. The van der Waals surface area contributed by atoms with Crippen LogP contribution in [0.1, 0.15) is 5.56 Å². The van der Waals surface area contributed by atoms with Gasteiger partial charge in [0.1, 0.15) is 5.75 Å². The highest BCUT2D eigenvalue weighted by atomic mass is 79.9. The topological polar surface area (TPSA) is 62.1 Å². The first kappa shape index (κ1) is 14.8. The van der Waals surface area contributed by atoms with Crippen LogP contribution in [0.5, 0.6) is 5.75 Å². The van der Waals surface area contributed by atoms with Crippen LogP contribution in [0, 0.1) is 11.3 Å². The number of nitriles is 1. The number of nitrogens with zero attached hydrogens (tertiary/aromatic N) is 1. The van der Waals surface area contributed by atoms with Crippen LogP contribution in [0.2, 0.25) is 0 Å². The van der Waals surface area contributed by atoms with E-state index in [9.17, 15) is 4.79 Å². The summed E-state index contributed by atoms with van der Waals surface area (Å²) in [6, 6.07) is 15.9. The molecule has 0 aromatic heterocycles. The Kier molecular flexibility index (Phi) is 5.13. The SMILES string of the molecule is N#Cc1cccc(NC(=O)/C=C/Oc2ccc(Br)cc2)c1. The van der Waals surface area contributed by atoms with Gasteiger partial charge in [-0.3, -0.25) is 4.79 Å². The van der Waals surface area contributed by atoms with E-state index in [4.69, 9.17) is 10.00 Å². The summed E-state index contributed by atoms with van der Waals surface area (Å²) in [6.07, 6.45) is 2.59. The molecule has 0 fully saturated rings. The van der Waals surface area contributed by atoms with Crippen LogP contribution in [0.15, 0.2) is 65.3 Å². The van der Waals surface area contributed by atoms with E-state index in [-0.39, 0.29) is 5.91 Å². The van der Waals surface area contributed by atoms with E-state index in [0.717, 1.165) is 4.47 Å². The van der Waals surface area contributed by atoms with Gasteiger partial charge in [-0.05, 0) is 42.5 Å². The molecule has 2 aromatic rings. The lowest BCUT2D eigenvalue weighted by atomic mass is 10.2. The Morgan fingerprint density at radius 2 is 2.00 bits per heavy atom. The van der Waals surface area contributed by atoms with Crippen LogP contribution in [0.3, 0.4) is 0 Å². The molecule has 2 aromatic carbocycles. The van der Waals surface area contributed by atoms with Crippen LogP contribution in [-0.4, -0.2) is 5.91 Å². The predicted molar refractivity (Wildman–Crippen MR) is 83.7 cm³/mol. The maximum atomic E-state index is 11.7. The van der Waals surface area contributed by atoms with Crippen molar-refractivity contribution in [2.75, 3.05) is 5.32 Å². The third kappa shape index (κ3) is 4.79.